The second-order valence-electron chi connectivity index (χ2n) is 5.23. The topological polar surface area (TPSA) is 82.5 Å². The van der Waals surface area contributed by atoms with Crippen LogP contribution < -0.4 is 5.32 Å². The van der Waals surface area contributed by atoms with Crippen LogP contribution in [0.4, 0.5) is 4.79 Å². The van der Waals surface area contributed by atoms with Crippen LogP contribution in [0.3, 0.4) is 0 Å². The Kier molecular flexibility index (Phi) is 5.69. The largest absolute Gasteiger partial charge is 0.480 e. The first-order valence-electron chi connectivity index (χ1n) is 7.06. The van der Waals surface area contributed by atoms with Gasteiger partial charge in [-0.05, 0) is 38.8 Å². The zero-order valence-corrected chi connectivity index (χ0v) is 13.0. The maximum atomic E-state index is 12.2. The van der Waals surface area contributed by atoms with Crippen LogP contribution in [0.2, 0.25) is 0 Å². The Morgan fingerprint density at radius 2 is 2.05 bits per heavy atom. The number of nitrogens with zero attached hydrogens (tertiary/aromatic N) is 2. The average Bonchev–Trinajstić information content (AvgIpc) is 2.45. The Bertz CT molecular complexity index is 515. The number of aromatic nitrogens is 1. The number of aliphatic carboxylic acids is 1. The molecule has 6 nitrogen and oxygen atoms in total. The number of hydrogen-bond acceptors (Lipinski definition) is 3. The van der Waals surface area contributed by atoms with E-state index in [-0.39, 0.29) is 6.54 Å². The highest BCUT2D eigenvalue weighted by molar-refractivity contribution is 5.85. The number of nitrogens with one attached hydrogen (secondary N) is 1. The van der Waals surface area contributed by atoms with E-state index >= 15 is 0 Å². The molecule has 0 spiro atoms. The van der Waals surface area contributed by atoms with Gasteiger partial charge in [-0.2, -0.15) is 0 Å². The molecule has 1 aromatic heterocycles. The van der Waals surface area contributed by atoms with Gasteiger partial charge >= 0.3 is 12.0 Å². The first-order valence-corrected chi connectivity index (χ1v) is 7.06. The summed E-state index contributed by atoms with van der Waals surface area (Å²) in [5.41, 5.74) is 0.618. The number of aryl methyl sites for hydroxylation is 1. The first kappa shape index (κ1) is 16.9. The summed E-state index contributed by atoms with van der Waals surface area (Å²) in [6.07, 6.45) is 2.51. The standard InChI is InChI=1S/C15H23N3O3/c1-5-11-8-7-9-16-12(11)10-17-14(21)18(6-2)15(3,4)13(19)20/h7-9H,5-6,10H2,1-4H3,(H,17,21)(H,19,20). The highest BCUT2D eigenvalue weighted by atomic mass is 16.4. The van der Waals surface area contributed by atoms with Crippen LogP contribution in [0.1, 0.15) is 39.0 Å². The van der Waals surface area contributed by atoms with Gasteiger partial charge in [-0.25, -0.2) is 9.59 Å². The Hall–Kier alpha value is -2.11. The van der Waals surface area contributed by atoms with Gasteiger partial charge in [0.15, 0.2) is 0 Å². The van der Waals surface area contributed by atoms with Gasteiger partial charge in [-0.1, -0.05) is 13.0 Å². The molecule has 0 atom stereocenters. The number of hydrogen-bond donors (Lipinski definition) is 2. The summed E-state index contributed by atoms with van der Waals surface area (Å²) in [6, 6.07) is 3.42. The van der Waals surface area contributed by atoms with Crippen LogP contribution in [0.25, 0.3) is 0 Å². The summed E-state index contributed by atoms with van der Waals surface area (Å²) in [6.45, 7) is 7.40. The van der Waals surface area contributed by atoms with Crippen LogP contribution >= 0.6 is 0 Å². The van der Waals surface area contributed by atoms with E-state index in [1.54, 1.807) is 13.1 Å². The van der Waals surface area contributed by atoms with E-state index in [0.29, 0.717) is 6.54 Å². The molecule has 2 amide bonds. The zero-order chi connectivity index (χ0) is 16.0. The van der Waals surface area contributed by atoms with Gasteiger partial charge < -0.3 is 15.3 Å². The molecule has 116 valence electrons. The predicted molar refractivity (Wildman–Crippen MR) is 79.9 cm³/mol. The van der Waals surface area contributed by atoms with Crippen molar-refractivity contribution in [3.63, 3.8) is 0 Å². The van der Waals surface area contributed by atoms with Gasteiger partial charge in [0.05, 0.1) is 12.2 Å². The number of rotatable bonds is 6. The molecular formula is C15H23N3O3. The number of amides is 2. The van der Waals surface area contributed by atoms with Gasteiger partial charge in [0.25, 0.3) is 0 Å². The van der Waals surface area contributed by atoms with Crippen molar-refractivity contribution in [2.75, 3.05) is 6.54 Å². The molecule has 2 N–H and O–H groups in total. The molecule has 1 rings (SSSR count). The monoisotopic (exact) mass is 293 g/mol. The lowest BCUT2D eigenvalue weighted by atomic mass is 10.0. The molecule has 0 aliphatic carbocycles. The molecule has 0 aliphatic heterocycles. The first-order chi connectivity index (χ1) is 9.84. The van der Waals surface area contributed by atoms with Crippen molar-refractivity contribution < 1.29 is 14.7 Å². The zero-order valence-electron chi connectivity index (χ0n) is 13.0. The lowest BCUT2D eigenvalue weighted by Crippen LogP contribution is -2.55. The number of pyridine rings is 1. The number of carboxylic acids is 1. The van der Waals surface area contributed by atoms with Gasteiger partial charge in [0, 0.05) is 12.7 Å². The van der Waals surface area contributed by atoms with Gasteiger partial charge in [-0.15, -0.1) is 0 Å². The Labute approximate surface area is 125 Å². The van der Waals surface area contributed by atoms with Crippen molar-refractivity contribution in [1.82, 2.24) is 15.2 Å². The van der Waals surface area contributed by atoms with E-state index in [4.69, 9.17) is 0 Å². The van der Waals surface area contributed by atoms with Crippen molar-refractivity contribution in [1.29, 1.82) is 0 Å². The lowest BCUT2D eigenvalue weighted by Gasteiger charge is -2.34. The van der Waals surface area contributed by atoms with Crippen molar-refractivity contribution >= 4 is 12.0 Å². The highest BCUT2D eigenvalue weighted by Crippen LogP contribution is 2.15. The predicted octanol–water partition coefficient (Wildman–Crippen LogP) is 2.04. The molecule has 21 heavy (non-hydrogen) atoms. The minimum Gasteiger partial charge on any atom is -0.480 e. The molecule has 0 bridgehead atoms. The highest BCUT2D eigenvalue weighted by Gasteiger charge is 2.36. The number of urea groups is 1. The van der Waals surface area contributed by atoms with Crippen molar-refractivity contribution in [3.8, 4) is 0 Å². The minimum absolute atomic E-state index is 0.287. The van der Waals surface area contributed by atoms with E-state index in [1.807, 2.05) is 19.1 Å². The smallest absolute Gasteiger partial charge is 0.329 e. The molecule has 6 heteroatoms. The van der Waals surface area contributed by atoms with E-state index in [0.717, 1.165) is 17.7 Å². The SMILES string of the molecule is CCc1cccnc1CNC(=O)N(CC)C(C)(C)C(=O)O. The second-order valence-corrected chi connectivity index (χ2v) is 5.23. The molecular weight excluding hydrogens is 270 g/mol. The summed E-state index contributed by atoms with van der Waals surface area (Å²) in [7, 11) is 0. The molecule has 0 radical (unpaired) electrons. The lowest BCUT2D eigenvalue weighted by molar-refractivity contribution is -0.147. The number of carbonyl (C=O) groups is 2. The third-order valence-corrected chi connectivity index (χ3v) is 3.53. The van der Waals surface area contributed by atoms with Gasteiger partial charge in [-0.3, -0.25) is 4.98 Å². The van der Waals surface area contributed by atoms with E-state index in [2.05, 4.69) is 10.3 Å². The average molecular weight is 293 g/mol. The maximum Gasteiger partial charge on any atom is 0.329 e. The Morgan fingerprint density at radius 1 is 1.38 bits per heavy atom. The third kappa shape index (κ3) is 3.93. The molecule has 1 heterocycles. The minimum atomic E-state index is -1.25. The van der Waals surface area contributed by atoms with E-state index in [9.17, 15) is 14.7 Å². The van der Waals surface area contributed by atoms with Crippen LogP contribution in [-0.4, -0.2) is 39.1 Å². The number of carbonyl (C=O) groups excluding carboxylic acids is 1. The van der Waals surface area contributed by atoms with Crippen LogP contribution in [-0.2, 0) is 17.8 Å². The fraction of sp³-hybridized carbons (Fsp3) is 0.533. The molecule has 0 unspecified atom stereocenters. The summed E-state index contributed by atoms with van der Waals surface area (Å²) in [5.74, 6) is -1.04. The molecule has 0 saturated heterocycles. The van der Waals surface area contributed by atoms with Crippen LogP contribution in [0, 0.1) is 0 Å². The molecule has 0 saturated carbocycles. The molecule has 0 fully saturated rings. The summed E-state index contributed by atoms with van der Waals surface area (Å²) >= 11 is 0. The Morgan fingerprint density at radius 3 is 2.57 bits per heavy atom. The maximum absolute atomic E-state index is 12.2. The van der Waals surface area contributed by atoms with Crippen molar-refractivity contribution in [2.45, 2.75) is 46.2 Å². The Balaban J connectivity index is 2.78. The molecule has 1 aromatic rings. The van der Waals surface area contributed by atoms with Crippen LogP contribution in [0.5, 0.6) is 0 Å². The van der Waals surface area contributed by atoms with Gasteiger partial charge in [0.2, 0.25) is 0 Å². The van der Waals surface area contributed by atoms with Crippen LogP contribution in [0.15, 0.2) is 18.3 Å². The van der Waals surface area contributed by atoms with Crippen molar-refractivity contribution in [3.05, 3.63) is 29.6 Å². The van der Waals surface area contributed by atoms with E-state index in [1.165, 1.54) is 18.7 Å². The third-order valence-electron chi connectivity index (χ3n) is 3.53. The normalized spacial score (nSPS) is 11.0. The fourth-order valence-electron chi connectivity index (χ4n) is 2.12. The molecule has 0 aromatic carbocycles. The molecule has 0 aliphatic rings. The fourth-order valence-corrected chi connectivity index (χ4v) is 2.12. The number of likely N-dealkylation sites (N-methyl/N-ethyl adjacent to an activating group) is 1. The quantitative estimate of drug-likeness (QED) is 0.841. The van der Waals surface area contributed by atoms with Gasteiger partial charge in [0.1, 0.15) is 5.54 Å². The number of carboxylic acid groups (broad SMARTS) is 1. The second kappa shape index (κ2) is 7.06. The van der Waals surface area contributed by atoms with E-state index < -0.39 is 17.5 Å². The summed E-state index contributed by atoms with van der Waals surface area (Å²) in [5, 5.41) is 12.0. The summed E-state index contributed by atoms with van der Waals surface area (Å²) < 4.78 is 0. The summed E-state index contributed by atoms with van der Waals surface area (Å²) in [4.78, 5) is 29.0. The van der Waals surface area contributed by atoms with Crippen molar-refractivity contribution in [2.24, 2.45) is 0 Å².